The first kappa shape index (κ1) is 20.7. The fourth-order valence-electron chi connectivity index (χ4n) is 4.56. The van der Waals surface area contributed by atoms with E-state index in [1.807, 2.05) is 24.8 Å². The SMILES string of the molecule is CC1=CC=C(C(c2ccc3ncc(Cc4ccccc4)c(Cl)c3c2)c2cncn2C)CC1. The Bertz CT molecular complexity index is 1330. The van der Waals surface area contributed by atoms with E-state index in [-0.39, 0.29) is 5.92 Å². The third-order valence-electron chi connectivity index (χ3n) is 6.38. The van der Waals surface area contributed by atoms with Gasteiger partial charge in [-0.2, -0.15) is 0 Å². The minimum absolute atomic E-state index is 0.144. The molecule has 2 aromatic heterocycles. The highest BCUT2D eigenvalue weighted by molar-refractivity contribution is 6.36. The van der Waals surface area contributed by atoms with Crippen molar-refractivity contribution < 1.29 is 0 Å². The largest absolute Gasteiger partial charge is 0.337 e. The Balaban J connectivity index is 1.61. The van der Waals surface area contributed by atoms with Crippen LogP contribution in [0.25, 0.3) is 10.9 Å². The summed E-state index contributed by atoms with van der Waals surface area (Å²) < 4.78 is 2.12. The van der Waals surface area contributed by atoms with E-state index in [1.165, 1.54) is 28.0 Å². The van der Waals surface area contributed by atoms with Crippen molar-refractivity contribution in [3.8, 4) is 0 Å². The first-order valence-corrected chi connectivity index (χ1v) is 11.4. The molecular formula is C28H26ClN3. The molecule has 0 saturated heterocycles. The molecule has 0 amide bonds. The lowest BCUT2D eigenvalue weighted by Crippen LogP contribution is -2.11. The standard InChI is InChI=1S/C28H26ClN3/c1-19-8-10-21(11-9-19)27(26-17-30-18-32(26)2)22-12-13-25-24(15-22)28(29)23(16-31-25)14-20-6-4-3-5-7-20/h3-8,10,12-13,15-18,27H,9,11,14H2,1-2H3. The molecule has 4 aromatic rings. The van der Waals surface area contributed by atoms with Crippen LogP contribution in [0.5, 0.6) is 0 Å². The minimum Gasteiger partial charge on any atom is -0.337 e. The van der Waals surface area contributed by atoms with E-state index in [9.17, 15) is 0 Å². The number of pyridine rings is 1. The summed E-state index contributed by atoms with van der Waals surface area (Å²) in [5, 5.41) is 1.80. The monoisotopic (exact) mass is 439 g/mol. The minimum atomic E-state index is 0.144. The molecule has 1 aliphatic carbocycles. The van der Waals surface area contributed by atoms with Gasteiger partial charge in [-0.15, -0.1) is 0 Å². The molecule has 4 heteroatoms. The van der Waals surface area contributed by atoms with Crippen LogP contribution in [-0.2, 0) is 13.5 Å². The Labute approximate surface area is 194 Å². The van der Waals surface area contributed by atoms with Crippen LogP contribution in [0.15, 0.2) is 90.6 Å². The van der Waals surface area contributed by atoms with Gasteiger partial charge in [-0.05, 0) is 48.6 Å². The molecule has 0 N–H and O–H groups in total. The summed E-state index contributed by atoms with van der Waals surface area (Å²) in [6.45, 7) is 2.20. The van der Waals surface area contributed by atoms with Crippen molar-refractivity contribution >= 4 is 22.5 Å². The number of fused-ring (bicyclic) bond motifs is 1. The van der Waals surface area contributed by atoms with Crippen LogP contribution in [0.3, 0.4) is 0 Å². The maximum Gasteiger partial charge on any atom is 0.0945 e. The average molecular weight is 440 g/mol. The Morgan fingerprint density at radius 3 is 2.59 bits per heavy atom. The van der Waals surface area contributed by atoms with Crippen LogP contribution in [0.1, 0.15) is 48.1 Å². The van der Waals surface area contributed by atoms with Gasteiger partial charge in [-0.3, -0.25) is 4.98 Å². The van der Waals surface area contributed by atoms with Gasteiger partial charge in [0.1, 0.15) is 0 Å². The molecule has 1 atom stereocenters. The van der Waals surface area contributed by atoms with Gasteiger partial charge in [0.2, 0.25) is 0 Å². The summed E-state index contributed by atoms with van der Waals surface area (Å²) in [6.07, 6.45) is 13.2. The number of hydrogen-bond acceptors (Lipinski definition) is 2. The fourth-order valence-corrected chi connectivity index (χ4v) is 4.82. The molecule has 1 aliphatic rings. The number of allylic oxidation sites excluding steroid dienone is 4. The van der Waals surface area contributed by atoms with Gasteiger partial charge >= 0.3 is 0 Å². The van der Waals surface area contributed by atoms with Crippen LogP contribution in [0.2, 0.25) is 5.02 Å². The number of hydrogen-bond donors (Lipinski definition) is 0. The molecule has 5 rings (SSSR count). The zero-order valence-electron chi connectivity index (χ0n) is 18.4. The maximum absolute atomic E-state index is 6.95. The molecule has 0 aliphatic heterocycles. The average Bonchev–Trinajstić information content (AvgIpc) is 3.23. The molecule has 0 spiro atoms. The molecule has 0 fully saturated rings. The van der Waals surface area contributed by atoms with E-state index in [4.69, 9.17) is 16.6 Å². The molecule has 160 valence electrons. The van der Waals surface area contributed by atoms with E-state index in [1.54, 1.807) is 0 Å². The van der Waals surface area contributed by atoms with Gasteiger partial charge in [-0.25, -0.2) is 4.98 Å². The number of halogens is 1. The first-order chi connectivity index (χ1) is 15.6. The van der Waals surface area contributed by atoms with Crippen molar-refractivity contribution in [2.24, 2.45) is 7.05 Å². The summed E-state index contributed by atoms with van der Waals surface area (Å²) in [5.74, 6) is 0.144. The second kappa shape index (κ2) is 8.76. The van der Waals surface area contributed by atoms with Crippen molar-refractivity contribution in [1.29, 1.82) is 0 Å². The van der Waals surface area contributed by atoms with Crippen LogP contribution in [0.4, 0.5) is 0 Å². The van der Waals surface area contributed by atoms with Gasteiger partial charge in [0.05, 0.1) is 16.9 Å². The van der Waals surface area contributed by atoms with Crippen LogP contribution >= 0.6 is 11.6 Å². The highest BCUT2D eigenvalue weighted by atomic mass is 35.5. The van der Waals surface area contributed by atoms with Gasteiger partial charge < -0.3 is 4.57 Å². The smallest absolute Gasteiger partial charge is 0.0945 e. The van der Waals surface area contributed by atoms with Crippen LogP contribution in [0, 0.1) is 0 Å². The number of benzene rings is 2. The number of aryl methyl sites for hydroxylation is 1. The Morgan fingerprint density at radius 2 is 1.88 bits per heavy atom. The third-order valence-corrected chi connectivity index (χ3v) is 6.83. The number of aromatic nitrogens is 3. The second-order valence-corrected chi connectivity index (χ2v) is 9.03. The lowest BCUT2D eigenvalue weighted by molar-refractivity contribution is 0.741. The van der Waals surface area contributed by atoms with E-state index >= 15 is 0 Å². The molecule has 32 heavy (non-hydrogen) atoms. The summed E-state index contributed by atoms with van der Waals surface area (Å²) in [5.41, 5.74) is 8.45. The predicted molar refractivity (Wildman–Crippen MR) is 132 cm³/mol. The zero-order chi connectivity index (χ0) is 22.1. The van der Waals surface area contributed by atoms with E-state index in [2.05, 4.69) is 78.1 Å². The first-order valence-electron chi connectivity index (χ1n) is 11.0. The highest BCUT2D eigenvalue weighted by Gasteiger charge is 2.23. The van der Waals surface area contributed by atoms with Gasteiger partial charge in [0.25, 0.3) is 0 Å². The van der Waals surface area contributed by atoms with E-state index in [0.29, 0.717) is 0 Å². The molecule has 3 nitrogen and oxygen atoms in total. The van der Waals surface area contributed by atoms with E-state index in [0.717, 1.165) is 40.8 Å². The Hall–Kier alpha value is -3.17. The van der Waals surface area contributed by atoms with Gasteiger partial charge in [-0.1, -0.05) is 71.3 Å². The van der Waals surface area contributed by atoms with E-state index < -0.39 is 0 Å². The summed E-state index contributed by atoms with van der Waals surface area (Å²) in [7, 11) is 2.06. The molecule has 2 aromatic carbocycles. The maximum atomic E-state index is 6.95. The Kier molecular flexibility index (Phi) is 5.67. The van der Waals surface area contributed by atoms with Crippen molar-refractivity contribution in [2.45, 2.75) is 32.1 Å². The molecule has 1 unspecified atom stereocenters. The van der Waals surface area contributed by atoms with Crippen LogP contribution in [-0.4, -0.2) is 14.5 Å². The molecule has 0 bridgehead atoms. The van der Waals surface area contributed by atoms with Crippen molar-refractivity contribution in [2.75, 3.05) is 0 Å². The predicted octanol–water partition coefficient (Wildman–Crippen LogP) is 7.01. The molecule has 2 heterocycles. The van der Waals surface area contributed by atoms with Crippen molar-refractivity contribution in [3.05, 3.63) is 118 Å². The lowest BCUT2D eigenvalue weighted by atomic mass is 9.82. The Morgan fingerprint density at radius 1 is 1.03 bits per heavy atom. The lowest BCUT2D eigenvalue weighted by Gasteiger charge is -2.24. The normalized spacial score (nSPS) is 14.8. The summed E-state index contributed by atoms with van der Waals surface area (Å²) >= 11 is 6.95. The topological polar surface area (TPSA) is 30.7 Å². The third kappa shape index (κ3) is 4.01. The van der Waals surface area contributed by atoms with Gasteiger partial charge in [0, 0.05) is 42.9 Å². The number of imidazole rings is 1. The van der Waals surface area contributed by atoms with Crippen molar-refractivity contribution in [3.63, 3.8) is 0 Å². The molecular weight excluding hydrogens is 414 g/mol. The second-order valence-electron chi connectivity index (χ2n) is 8.65. The zero-order valence-corrected chi connectivity index (χ0v) is 19.2. The quantitative estimate of drug-likeness (QED) is 0.334. The van der Waals surface area contributed by atoms with Crippen LogP contribution < -0.4 is 0 Å². The number of rotatable bonds is 5. The summed E-state index contributed by atoms with van der Waals surface area (Å²) in [4.78, 5) is 9.12. The molecule has 0 saturated carbocycles. The van der Waals surface area contributed by atoms with Crippen molar-refractivity contribution in [1.82, 2.24) is 14.5 Å². The molecule has 0 radical (unpaired) electrons. The summed E-state index contributed by atoms with van der Waals surface area (Å²) in [6, 6.07) is 16.9. The fraction of sp³-hybridized carbons (Fsp3) is 0.214. The highest BCUT2D eigenvalue weighted by Crippen LogP contribution is 2.38. The number of nitrogens with zero attached hydrogens (tertiary/aromatic N) is 3. The van der Waals surface area contributed by atoms with Gasteiger partial charge in [0.15, 0.2) is 0 Å².